The summed E-state index contributed by atoms with van der Waals surface area (Å²) < 4.78 is 6.56. The van der Waals surface area contributed by atoms with E-state index in [2.05, 4.69) is 34.7 Å². The third-order valence-electron chi connectivity index (χ3n) is 10.3. The highest BCUT2D eigenvalue weighted by Gasteiger charge is 2.70. The Hall–Kier alpha value is -2.95. The largest absolute Gasteiger partial charge is 0.375 e. The molecule has 2 saturated carbocycles. The first kappa shape index (κ1) is 26.3. The summed E-state index contributed by atoms with van der Waals surface area (Å²) >= 11 is 0. The SMILES string of the molecule is CNC(=O)[C@H]1NC(=O)[C@@H]2CN(C(=O)c3cn[nH]c3)CC23CN(C3)C(=O)[C@H]2C([C@H]1OCC1CCCCC1)C2(C)C. The molecule has 11 nitrogen and oxygen atoms in total. The Kier molecular flexibility index (Phi) is 6.47. The molecule has 4 amide bonds. The number of hydrogen-bond donors (Lipinski definition) is 3. The fraction of sp³-hybridized carbons (Fsp3) is 0.750. The number of nitrogens with zero attached hydrogens (tertiary/aromatic N) is 3. The Balaban J connectivity index is 1.31. The third-order valence-corrected chi connectivity index (χ3v) is 10.3. The molecule has 7 rings (SSSR count). The molecule has 6 fully saturated rings. The van der Waals surface area contributed by atoms with Crippen LogP contribution in [0.5, 0.6) is 0 Å². The van der Waals surface area contributed by atoms with Gasteiger partial charge in [0.25, 0.3) is 5.91 Å². The summed E-state index contributed by atoms with van der Waals surface area (Å²) in [6.45, 7) is 6.10. The van der Waals surface area contributed by atoms with Crippen molar-refractivity contribution in [1.29, 1.82) is 0 Å². The van der Waals surface area contributed by atoms with E-state index in [0.29, 0.717) is 37.7 Å². The van der Waals surface area contributed by atoms with Crippen LogP contribution in [0, 0.1) is 34.5 Å². The second-order valence-corrected chi connectivity index (χ2v) is 13.0. The summed E-state index contributed by atoms with van der Waals surface area (Å²) in [5.74, 6) is -1.29. The van der Waals surface area contributed by atoms with Crippen molar-refractivity contribution in [3.63, 3.8) is 0 Å². The average Bonchev–Trinajstić information content (AvgIpc) is 3.31. The van der Waals surface area contributed by atoms with Crippen LogP contribution in [-0.2, 0) is 19.1 Å². The second-order valence-electron chi connectivity index (χ2n) is 13.0. The van der Waals surface area contributed by atoms with Gasteiger partial charge < -0.3 is 25.2 Å². The molecule has 212 valence electrons. The second kappa shape index (κ2) is 9.60. The van der Waals surface area contributed by atoms with E-state index in [4.69, 9.17) is 4.74 Å². The number of likely N-dealkylation sites (N-methyl/N-ethyl adjacent to an activating group) is 1. The van der Waals surface area contributed by atoms with Crippen molar-refractivity contribution in [2.45, 2.75) is 58.1 Å². The number of ether oxygens (including phenoxy) is 1. The average molecular weight is 541 g/mol. The molecule has 2 bridgehead atoms. The Morgan fingerprint density at radius 1 is 1.15 bits per heavy atom. The summed E-state index contributed by atoms with van der Waals surface area (Å²) in [4.78, 5) is 57.8. The van der Waals surface area contributed by atoms with Gasteiger partial charge in [0.2, 0.25) is 17.7 Å². The minimum Gasteiger partial charge on any atom is -0.375 e. The van der Waals surface area contributed by atoms with Crippen molar-refractivity contribution < 1.29 is 23.9 Å². The number of carbonyl (C=O) groups excluding carboxylic acids is 4. The first-order chi connectivity index (χ1) is 18.7. The van der Waals surface area contributed by atoms with Gasteiger partial charge in [0.15, 0.2) is 0 Å². The van der Waals surface area contributed by atoms with Crippen LogP contribution in [0.25, 0.3) is 0 Å². The highest BCUT2D eigenvalue weighted by molar-refractivity contribution is 5.96. The molecule has 5 atom stereocenters. The number of H-pyrrole nitrogens is 1. The van der Waals surface area contributed by atoms with Gasteiger partial charge in [-0.25, -0.2) is 0 Å². The van der Waals surface area contributed by atoms with Crippen LogP contribution in [-0.4, -0.2) is 95.6 Å². The molecule has 4 saturated heterocycles. The van der Waals surface area contributed by atoms with Crippen molar-refractivity contribution in [3.8, 4) is 0 Å². The van der Waals surface area contributed by atoms with Gasteiger partial charge in [-0.05, 0) is 24.2 Å². The fourth-order valence-electron chi connectivity index (χ4n) is 7.90. The molecule has 1 unspecified atom stereocenters. The molecule has 3 N–H and O–H groups in total. The highest BCUT2D eigenvalue weighted by atomic mass is 16.5. The van der Waals surface area contributed by atoms with Gasteiger partial charge in [0, 0.05) is 63.3 Å². The monoisotopic (exact) mass is 540 g/mol. The summed E-state index contributed by atoms with van der Waals surface area (Å²) in [5.41, 5.74) is -0.462. The first-order valence-electron chi connectivity index (χ1n) is 14.4. The van der Waals surface area contributed by atoms with Gasteiger partial charge in [0.05, 0.1) is 23.8 Å². The van der Waals surface area contributed by atoms with E-state index in [1.54, 1.807) is 18.1 Å². The molecule has 1 aromatic heterocycles. The molecule has 39 heavy (non-hydrogen) atoms. The van der Waals surface area contributed by atoms with Crippen molar-refractivity contribution in [1.82, 2.24) is 30.6 Å². The van der Waals surface area contributed by atoms with E-state index in [-0.39, 0.29) is 47.4 Å². The van der Waals surface area contributed by atoms with E-state index >= 15 is 0 Å². The van der Waals surface area contributed by atoms with E-state index < -0.39 is 23.5 Å². The van der Waals surface area contributed by atoms with Crippen LogP contribution in [0.4, 0.5) is 0 Å². The maximum absolute atomic E-state index is 13.9. The molecule has 0 aromatic carbocycles. The van der Waals surface area contributed by atoms with Crippen molar-refractivity contribution >= 4 is 23.6 Å². The van der Waals surface area contributed by atoms with Crippen LogP contribution in [0.15, 0.2) is 12.4 Å². The standard InChI is InChI=1S/C28H40N6O5/c1-27(2)19-20(27)26(38)34-14-28(15-34)13-33(25(37)17-9-30-31-10-17)11-18(28)23(35)32-21(24(36)29-3)22(19)39-12-16-7-5-4-6-8-16/h9-10,16,18-22H,4-8,11-15H2,1-3H3,(H,29,36)(H,30,31)(H,32,35)/t18-,19?,20+,21-,22+/m0/s1. The van der Waals surface area contributed by atoms with Gasteiger partial charge in [0.1, 0.15) is 6.04 Å². The van der Waals surface area contributed by atoms with Gasteiger partial charge in [-0.15, -0.1) is 0 Å². The molecule has 5 heterocycles. The number of rotatable bonds is 5. The first-order valence-corrected chi connectivity index (χ1v) is 14.4. The van der Waals surface area contributed by atoms with Gasteiger partial charge in [-0.3, -0.25) is 24.3 Å². The zero-order valence-corrected chi connectivity index (χ0v) is 23.1. The Labute approximate surface area is 228 Å². The molecule has 2 aliphatic carbocycles. The van der Waals surface area contributed by atoms with Crippen molar-refractivity contribution in [2.75, 3.05) is 39.8 Å². The lowest BCUT2D eigenvalue weighted by Gasteiger charge is -2.50. The number of carbonyl (C=O) groups is 4. The quantitative estimate of drug-likeness (QED) is 0.505. The van der Waals surface area contributed by atoms with E-state index in [9.17, 15) is 19.2 Å². The summed E-state index contributed by atoms with van der Waals surface area (Å²) in [6.07, 6.45) is 8.19. The predicted octanol–water partition coefficient (Wildman–Crippen LogP) is 0.792. The molecule has 0 radical (unpaired) electrons. The smallest absolute Gasteiger partial charge is 0.257 e. The zero-order chi connectivity index (χ0) is 27.5. The molecule has 6 aliphatic rings. The summed E-state index contributed by atoms with van der Waals surface area (Å²) in [6, 6.07) is -0.922. The molecule has 11 heteroatoms. The highest BCUT2D eigenvalue weighted by Crippen LogP contribution is 2.63. The normalized spacial score (nSPS) is 33.3. The lowest BCUT2D eigenvalue weighted by molar-refractivity contribution is -0.151. The molecule has 1 aromatic rings. The minimum atomic E-state index is -0.922. The Morgan fingerprint density at radius 2 is 1.90 bits per heavy atom. The number of aromatic amines is 1. The Bertz CT molecular complexity index is 1140. The van der Waals surface area contributed by atoms with Gasteiger partial charge in [-0.1, -0.05) is 33.1 Å². The summed E-state index contributed by atoms with van der Waals surface area (Å²) in [5, 5.41) is 12.3. The fourth-order valence-corrected chi connectivity index (χ4v) is 7.90. The van der Waals surface area contributed by atoms with Crippen LogP contribution >= 0.6 is 0 Å². The van der Waals surface area contributed by atoms with E-state index in [0.717, 1.165) is 12.8 Å². The van der Waals surface area contributed by atoms with Crippen molar-refractivity contribution in [2.24, 2.45) is 34.5 Å². The van der Waals surface area contributed by atoms with Crippen LogP contribution in [0.2, 0.25) is 0 Å². The van der Waals surface area contributed by atoms with Crippen LogP contribution < -0.4 is 10.6 Å². The molecular weight excluding hydrogens is 500 g/mol. The van der Waals surface area contributed by atoms with Crippen molar-refractivity contribution in [3.05, 3.63) is 18.0 Å². The number of aromatic nitrogens is 2. The molecule has 4 aliphatic heterocycles. The minimum absolute atomic E-state index is 0.0604. The summed E-state index contributed by atoms with van der Waals surface area (Å²) in [7, 11) is 1.56. The number of fused-ring (bicyclic) bond motifs is 3. The maximum atomic E-state index is 13.9. The zero-order valence-electron chi connectivity index (χ0n) is 23.1. The van der Waals surface area contributed by atoms with Crippen LogP contribution in [0.3, 0.4) is 0 Å². The lowest BCUT2D eigenvalue weighted by Crippen LogP contribution is -2.65. The van der Waals surface area contributed by atoms with E-state index in [1.165, 1.54) is 25.5 Å². The predicted molar refractivity (Wildman–Crippen MR) is 140 cm³/mol. The van der Waals surface area contributed by atoms with Crippen LogP contribution in [0.1, 0.15) is 56.3 Å². The number of nitrogens with one attached hydrogen (secondary N) is 3. The molecular formula is C28H40N6O5. The number of hydrogen-bond acceptors (Lipinski definition) is 6. The van der Waals surface area contributed by atoms with Gasteiger partial charge in [-0.2, -0.15) is 5.10 Å². The maximum Gasteiger partial charge on any atom is 0.257 e. The number of likely N-dealkylation sites (tertiary alicyclic amines) is 1. The Morgan fingerprint density at radius 3 is 2.56 bits per heavy atom. The van der Waals surface area contributed by atoms with Gasteiger partial charge >= 0.3 is 0 Å². The van der Waals surface area contributed by atoms with E-state index in [1.807, 2.05) is 4.90 Å². The molecule has 1 spiro atoms. The topological polar surface area (TPSA) is 137 Å². The lowest BCUT2D eigenvalue weighted by atomic mass is 9.71. The third kappa shape index (κ3) is 4.33. The number of amides is 4.